The van der Waals surface area contributed by atoms with E-state index in [0.29, 0.717) is 6.42 Å². The molecule has 0 aromatic rings. The number of aliphatic carboxylic acids is 5. The van der Waals surface area contributed by atoms with E-state index in [-0.39, 0.29) is 95.4 Å². The van der Waals surface area contributed by atoms with E-state index in [9.17, 15) is 92.3 Å². The first-order valence-corrected chi connectivity index (χ1v) is 30.8. The Morgan fingerprint density at radius 3 is 1.28 bits per heavy atom. The Morgan fingerprint density at radius 2 is 0.849 bits per heavy atom. The minimum absolute atomic E-state index is 0.00669. The maximum atomic E-state index is 14.6. The lowest BCUT2D eigenvalue weighted by atomic mass is 10.0. The number of hydrogen-bond acceptors (Lipinski definition) is 19. The van der Waals surface area contributed by atoms with Crippen molar-refractivity contribution < 1.29 is 97.5 Å². The zero-order valence-corrected chi connectivity index (χ0v) is 53.2. The Kier molecular flexibility index (Phi) is 34.4. The van der Waals surface area contributed by atoms with Crippen molar-refractivity contribution in [3.63, 3.8) is 0 Å². The van der Waals surface area contributed by atoms with Gasteiger partial charge in [-0.15, -0.1) is 0 Å². The second kappa shape index (κ2) is 40.0. The normalized spacial score (nSPS) is 17.2. The fourth-order valence-electron chi connectivity index (χ4n) is 10.00. The molecule has 522 valence electrons. The van der Waals surface area contributed by atoms with E-state index in [4.69, 9.17) is 33.8 Å². The third kappa shape index (κ3) is 28.5. The van der Waals surface area contributed by atoms with Gasteiger partial charge < -0.3 is 107 Å². The third-order valence-corrected chi connectivity index (χ3v) is 15.1. The smallest absolute Gasteiger partial charge is 0.326 e. The quantitative estimate of drug-likeness (QED) is 0.0117. The zero-order chi connectivity index (χ0) is 70.4. The van der Waals surface area contributed by atoms with Crippen LogP contribution in [0.15, 0.2) is 9.98 Å². The number of carboxylic acids is 5. The summed E-state index contributed by atoms with van der Waals surface area (Å²) in [6.45, 7) is 6.20. The number of nitrogens with two attached hydrogens (primary N) is 5. The molecule has 0 bridgehead atoms. The zero-order valence-electron chi connectivity index (χ0n) is 52.3. The molecule has 2 aliphatic rings. The Bertz CT molecular complexity index is 2750. The molecule has 93 heavy (non-hydrogen) atoms. The molecule has 0 aromatic heterocycles. The number of carbonyl (C=O) groups is 15. The molecule has 2 aliphatic heterocycles. The number of aliphatic imine (C=N–C) groups is 2. The molecule has 0 saturated carbocycles. The molecule has 2 fully saturated rings. The van der Waals surface area contributed by atoms with Crippen LogP contribution in [0.2, 0.25) is 0 Å². The summed E-state index contributed by atoms with van der Waals surface area (Å²) >= 11 is 4.08. The van der Waals surface area contributed by atoms with Gasteiger partial charge in [-0.2, -0.15) is 12.6 Å². The molecule has 0 spiro atoms. The Labute approximate surface area is 540 Å². The van der Waals surface area contributed by atoms with Gasteiger partial charge in [0.2, 0.25) is 59.1 Å². The van der Waals surface area contributed by atoms with Crippen LogP contribution >= 0.6 is 12.6 Å². The van der Waals surface area contributed by atoms with Crippen molar-refractivity contribution in [2.45, 2.75) is 197 Å². The van der Waals surface area contributed by atoms with Crippen LogP contribution in [0.3, 0.4) is 0 Å². The first-order valence-electron chi connectivity index (χ1n) is 30.2. The van der Waals surface area contributed by atoms with E-state index in [1.54, 1.807) is 13.8 Å². The maximum Gasteiger partial charge on any atom is 0.326 e. The third-order valence-electron chi connectivity index (χ3n) is 14.8. The number of nitrogens with one attached hydrogen (secondary N) is 8. The number of nitrogens with zero attached hydrogens (tertiary/aromatic N) is 4. The molecule has 11 atom stereocenters. The Balaban J connectivity index is 2.52. The number of amides is 10. The first-order chi connectivity index (χ1) is 43.6. The van der Waals surface area contributed by atoms with Crippen molar-refractivity contribution in [2.75, 3.05) is 31.9 Å². The Morgan fingerprint density at radius 1 is 0.473 bits per heavy atom. The summed E-state index contributed by atoms with van der Waals surface area (Å²) in [5.41, 5.74) is 27.9. The maximum absolute atomic E-state index is 14.6. The van der Waals surface area contributed by atoms with Crippen LogP contribution in [-0.4, -0.2) is 235 Å². The molecule has 2 heterocycles. The summed E-state index contributed by atoms with van der Waals surface area (Å²) in [6.07, 6.45) is -4.19. The predicted octanol–water partition coefficient (Wildman–Crippen LogP) is -5.93. The second-order valence-electron chi connectivity index (χ2n) is 23.1. The van der Waals surface area contributed by atoms with Gasteiger partial charge in [-0.1, -0.05) is 27.7 Å². The highest BCUT2D eigenvalue weighted by molar-refractivity contribution is 7.80. The standard InChI is InChI=1S/C55H91N17O20S/c1-26(2)23-34(68-49(87)36-11-7-21-71(36)51(89)28(56)24-41(79)80)46(84)66-32(14-17-39(75)76)52(90)72-22-8-12-37(72)48(86)65-30(10-6-20-62-55(59)60)44(82)63-29(9-5-19-61-54(57)58)43(81)64-31(13-16-38(73)74)45(83)70-42(27(3)4)50(88)69-35(25-93)47(85)67-33(53(91)92)15-18-40(77)78/h26-37,42,93H,5-25,56H2,1-4H3,(H,63,82)(H,64,81)(H,65,86)(H,66,84)(H,67,85)(H,68,87)(H,69,88)(H,70,83)(H,73,74)(H,75,76)(H,77,78)(H,79,80)(H,91,92)(H4,57,58,61)(H4,59,60,62)/t28-,29-,30-,31-,32-,33-,34-,35-,36-,37-,42-/m0/s1. The van der Waals surface area contributed by atoms with Gasteiger partial charge in [-0.05, 0) is 88.9 Å². The van der Waals surface area contributed by atoms with Gasteiger partial charge in [0.25, 0.3) is 0 Å². The molecule has 38 heteroatoms. The van der Waals surface area contributed by atoms with Crippen LogP contribution < -0.4 is 71.2 Å². The SMILES string of the molecule is CC(C)C[C@H](NC(=O)[C@@H]1CCCN1C(=O)[C@@H](N)CC(=O)O)C(=O)N[C@@H](CCC(=O)O)C(=O)N1CCC[C@H]1C(=O)N[C@@H](CCCN=C(N)N)C(=O)N[C@@H](CCCN=C(N)N)C(=O)N[C@@H](CCC(=O)O)C(=O)N[C@H](C(=O)N[C@@H](CS)C(=O)N[C@@H](CCC(=O)O)C(=O)O)C(C)C. The number of likely N-dealkylation sites (tertiary alicyclic amines) is 2. The van der Waals surface area contributed by atoms with E-state index in [2.05, 4.69) is 65.1 Å². The van der Waals surface area contributed by atoms with Crippen molar-refractivity contribution in [2.24, 2.45) is 50.5 Å². The van der Waals surface area contributed by atoms with Crippen LogP contribution in [0.25, 0.3) is 0 Å². The predicted molar refractivity (Wildman–Crippen MR) is 331 cm³/mol. The van der Waals surface area contributed by atoms with Crippen molar-refractivity contribution >= 4 is 113 Å². The summed E-state index contributed by atoms with van der Waals surface area (Å²) in [7, 11) is 0. The lowest BCUT2D eigenvalue weighted by molar-refractivity contribution is -0.145. The fraction of sp³-hybridized carbons (Fsp3) is 0.691. The van der Waals surface area contributed by atoms with Gasteiger partial charge in [-0.25, -0.2) is 4.79 Å². The molecule has 0 unspecified atom stereocenters. The number of rotatable bonds is 42. The van der Waals surface area contributed by atoms with E-state index in [1.807, 2.05) is 0 Å². The molecule has 0 aliphatic carbocycles. The molecule has 23 N–H and O–H groups in total. The number of carbonyl (C=O) groups excluding carboxylic acids is 10. The minimum Gasteiger partial charge on any atom is -0.481 e. The summed E-state index contributed by atoms with van der Waals surface area (Å²) in [5, 5.41) is 66.8. The van der Waals surface area contributed by atoms with Crippen LogP contribution in [0.4, 0.5) is 0 Å². The molecule has 0 aromatic carbocycles. The van der Waals surface area contributed by atoms with E-state index in [1.165, 1.54) is 13.8 Å². The highest BCUT2D eigenvalue weighted by Crippen LogP contribution is 2.23. The largest absolute Gasteiger partial charge is 0.481 e. The van der Waals surface area contributed by atoms with Gasteiger partial charge in [0, 0.05) is 51.2 Å². The number of hydrogen-bond donors (Lipinski definition) is 19. The lowest BCUT2D eigenvalue weighted by Gasteiger charge is -2.31. The number of thiol groups is 1. The monoisotopic (exact) mass is 1340 g/mol. The van der Waals surface area contributed by atoms with Gasteiger partial charge in [0.1, 0.15) is 60.4 Å². The average Bonchev–Trinajstić information content (AvgIpc) is 1.78. The van der Waals surface area contributed by atoms with Crippen molar-refractivity contribution in [1.29, 1.82) is 0 Å². The van der Waals surface area contributed by atoms with E-state index >= 15 is 0 Å². The lowest BCUT2D eigenvalue weighted by Crippen LogP contribution is -2.61. The van der Waals surface area contributed by atoms with Gasteiger partial charge in [0.15, 0.2) is 11.9 Å². The van der Waals surface area contributed by atoms with E-state index in [0.717, 1.165) is 9.80 Å². The molecule has 37 nitrogen and oxygen atoms in total. The van der Waals surface area contributed by atoms with Crippen molar-refractivity contribution in [3.05, 3.63) is 0 Å². The average molecular weight is 1340 g/mol. The van der Waals surface area contributed by atoms with Gasteiger partial charge >= 0.3 is 29.8 Å². The minimum atomic E-state index is -1.75. The highest BCUT2D eigenvalue weighted by atomic mass is 32.1. The van der Waals surface area contributed by atoms with Crippen molar-refractivity contribution in [3.8, 4) is 0 Å². The van der Waals surface area contributed by atoms with Crippen LogP contribution in [-0.2, 0) is 71.9 Å². The highest BCUT2D eigenvalue weighted by Gasteiger charge is 2.43. The molecular weight excluding hydrogens is 1250 g/mol. The van der Waals surface area contributed by atoms with Gasteiger partial charge in [0.05, 0.1) is 12.5 Å². The van der Waals surface area contributed by atoms with E-state index < -0.39 is 212 Å². The summed E-state index contributed by atoms with van der Waals surface area (Å²) in [5.74, 6) is -18.7. The first kappa shape index (κ1) is 80.0. The van der Waals surface area contributed by atoms with Gasteiger partial charge in [-0.3, -0.25) is 77.1 Å². The Hall–Kier alpha value is -9.10. The van der Waals surface area contributed by atoms with Crippen LogP contribution in [0.1, 0.15) is 130 Å². The molecule has 2 saturated heterocycles. The summed E-state index contributed by atoms with van der Waals surface area (Å²) < 4.78 is 0. The molecule has 0 radical (unpaired) electrons. The molecule has 10 amide bonds. The molecule has 2 rings (SSSR count). The topological polar surface area (TPSA) is 615 Å². The summed E-state index contributed by atoms with van der Waals surface area (Å²) in [6, 6.07) is -16.6. The molecular formula is C55H91N17O20S. The number of guanidine groups is 2. The van der Waals surface area contributed by atoms with Crippen LogP contribution in [0.5, 0.6) is 0 Å². The summed E-state index contributed by atoms with van der Waals surface area (Å²) in [4.78, 5) is 208. The second-order valence-corrected chi connectivity index (χ2v) is 23.5. The van der Waals surface area contributed by atoms with Crippen molar-refractivity contribution in [1.82, 2.24) is 52.3 Å². The van der Waals surface area contributed by atoms with Crippen LogP contribution in [0, 0.1) is 11.8 Å². The fourth-order valence-corrected chi connectivity index (χ4v) is 10.3. The number of carboxylic acid groups (broad SMARTS) is 5.